The zero-order valence-electron chi connectivity index (χ0n) is 14.3. The maximum atomic E-state index is 13.0. The van der Waals surface area contributed by atoms with Crippen molar-refractivity contribution in [2.75, 3.05) is 20.1 Å². The lowest BCUT2D eigenvalue weighted by atomic mass is 9.91. The van der Waals surface area contributed by atoms with Crippen LogP contribution in [0.15, 0.2) is 24.3 Å². The van der Waals surface area contributed by atoms with Crippen LogP contribution in [0.1, 0.15) is 23.7 Å². The van der Waals surface area contributed by atoms with Crippen LogP contribution in [-0.2, 0) is 4.79 Å². The molecule has 9 heteroatoms. The van der Waals surface area contributed by atoms with Crippen LogP contribution in [0.3, 0.4) is 0 Å². The minimum Gasteiger partial charge on any atom is -0.376 e. The van der Waals surface area contributed by atoms with Gasteiger partial charge >= 0.3 is 6.18 Å². The minimum absolute atomic E-state index is 0.00200. The average molecular weight is 376 g/mol. The van der Waals surface area contributed by atoms with Crippen LogP contribution in [0.4, 0.5) is 17.6 Å². The summed E-state index contributed by atoms with van der Waals surface area (Å²) < 4.78 is 50.5. The molecule has 1 aliphatic rings. The van der Waals surface area contributed by atoms with Crippen molar-refractivity contribution in [3.63, 3.8) is 0 Å². The molecule has 0 radical (unpaired) electrons. The first-order valence-electron chi connectivity index (χ1n) is 8.08. The molecule has 0 unspecified atom stereocenters. The van der Waals surface area contributed by atoms with E-state index in [0.717, 1.165) is 4.90 Å². The quantitative estimate of drug-likeness (QED) is 0.822. The fraction of sp³-hybridized carbons (Fsp3) is 0.529. The van der Waals surface area contributed by atoms with Crippen LogP contribution in [0.2, 0.25) is 0 Å². The second-order valence-electron chi connectivity index (χ2n) is 6.48. The molecular formula is C17H20F4N2O3. The molecule has 144 valence electrons. The van der Waals surface area contributed by atoms with Crippen molar-refractivity contribution in [1.29, 1.82) is 0 Å². The number of carbonyl (C=O) groups excluding carboxylic acids is 2. The molecule has 0 aliphatic carbocycles. The van der Waals surface area contributed by atoms with Crippen LogP contribution in [0, 0.1) is 11.7 Å². The normalized spacial score (nSPS) is 22.0. The molecule has 3 atom stereocenters. The molecule has 1 heterocycles. The standard InChI is InChI=1S/C17H20F4N2O3/c1-10-9-23(16(26)14(24)17(19,20)21)8-7-13(10)22(2)15(25)11-3-5-12(18)6-4-11/h3-6,10,13-14,24H,7-9H2,1-2H3/t10-,13+,14-/m1/s1. The molecule has 1 saturated heterocycles. The number of aliphatic hydroxyl groups excluding tert-OH is 1. The Morgan fingerprint density at radius 2 is 1.85 bits per heavy atom. The van der Waals surface area contributed by atoms with Crippen LogP contribution >= 0.6 is 0 Å². The number of likely N-dealkylation sites (tertiary alicyclic amines) is 1. The number of amides is 2. The van der Waals surface area contributed by atoms with Crippen molar-refractivity contribution in [2.45, 2.75) is 31.7 Å². The van der Waals surface area contributed by atoms with Crippen molar-refractivity contribution >= 4 is 11.8 Å². The number of halogens is 4. The molecule has 1 fully saturated rings. The van der Waals surface area contributed by atoms with E-state index >= 15 is 0 Å². The third-order valence-corrected chi connectivity index (χ3v) is 4.62. The van der Waals surface area contributed by atoms with E-state index in [9.17, 15) is 27.2 Å². The number of hydrogen-bond donors (Lipinski definition) is 1. The fourth-order valence-corrected chi connectivity index (χ4v) is 3.17. The maximum absolute atomic E-state index is 13.0. The molecular weight excluding hydrogens is 356 g/mol. The summed E-state index contributed by atoms with van der Waals surface area (Å²) in [6.07, 6.45) is -7.77. The Labute approximate surface area is 148 Å². The van der Waals surface area contributed by atoms with Gasteiger partial charge in [-0.15, -0.1) is 0 Å². The van der Waals surface area contributed by atoms with E-state index in [-0.39, 0.29) is 37.4 Å². The zero-order chi connectivity index (χ0) is 19.6. The van der Waals surface area contributed by atoms with Gasteiger partial charge in [-0.05, 0) is 36.6 Å². The Hall–Kier alpha value is -2.16. The van der Waals surface area contributed by atoms with Gasteiger partial charge in [-0.2, -0.15) is 13.2 Å². The molecule has 1 N–H and O–H groups in total. The number of aliphatic hydroxyl groups is 1. The van der Waals surface area contributed by atoms with Crippen molar-refractivity contribution < 1.29 is 32.3 Å². The molecule has 1 aromatic carbocycles. The maximum Gasteiger partial charge on any atom is 0.423 e. The van der Waals surface area contributed by atoms with Gasteiger partial charge in [0.15, 0.2) is 0 Å². The van der Waals surface area contributed by atoms with E-state index in [2.05, 4.69) is 0 Å². The monoisotopic (exact) mass is 376 g/mol. The number of benzene rings is 1. The lowest BCUT2D eigenvalue weighted by Gasteiger charge is -2.41. The van der Waals surface area contributed by atoms with Crippen molar-refractivity contribution in [1.82, 2.24) is 9.80 Å². The van der Waals surface area contributed by atoms with Crippen molar-refractivity contribution in [2.24, 2.45) is 5.92 Å². The third kappa shape index (κ3) is 4.32. The Morgan fingerprint density at radius 3 is 2.35 bits per heavy atom. The van der Waals surface area contributed by atoms with E-state index < -0.39 is 24.0 Å². The average Bonchev–Trinajstić information content (AvgIpc) is 2.59. The number of piperidine rings is 1. The van der Waals surface area contributed by atoms with Gasteiger partial charge in [-0.25, -0.2) is 4.39 Å². The number of nitrogens with zero attached hydrogens (tertiary/aromatic N) is 2. The molecule has 0 aromatic heterocycles. The summed E-state index contributed by atoms with van der Waals surface area (Å²) in [5, 5.41) is 9.12. The molecule has 2 amide bonds. The summed E-state index contributed by atoms with van der Waals surface area (Å²) >= 11 is 0. The second-order valence-corrected chi connectivity index (χ2v) is 6.48. The van der Waals surface area contributed by atoms with Crippen molar-refractivity contribution in [3.8, 4) is 0 Å². The van der Waals surface area contributed by atoms with E-state index in [1.807, 2.05) is 0 Å². The number of carbonyl (C=O) groups is 2. The Kier molecular flexibility index (Phi) is 5.90. The van der Waals surface area contributed by atoms with Gasteiger partial charge in [0.25, 0.3) is 11.8 Å². The summed E-state index contributed by atoms with van der Waals surface area (Å²) in [6, 6.07) is 4.77. The van der Waals surface area contributed by atoms with E-state index in [4.69, 9.17) is 5.11 Å². The Balaban J connectivity index is 2.03. The van der Waals surface area contributed by atoms with Gasteiger partial charge in [0, 0.05) is 31.7 Å². The topological polar surface area (TPSA) is 60.9 Å². The number of rotatable bonds is 3. The highest BCUT2D eigenvalue weighted by atomic mass is 19.4. The smallest absolute Gasteiger partial charge is 0.376 e. The minimum atomic E-state index is -5.01. The summed E-state index contributed by atoms with van der Waals surface area (Å²) in [5.74, 6) is -2.47. The summed E-state index contributed by atoms with van der Waals surface area (Å²) in [5.41, 5.74) is 0.298. The predicted molar refractivity (Wildman–Crippen MR) is 84.7 cm³/mol. The summed E-state index contributed by atoms with van der Waals surface area (Å²) in [6.45, 7) is 1.72. The van der Waals surface area contributed by atoms with Gasteiger partial charge in [0.05, 0.1) is 0 Å². The van der Waals surface area contributed by atoms with E-state index in [0.29, 0.717) is 5.56 Å². The predicted octanol–water partition coefficient (Wildman–Crippen LogP) is 2.06. The first kappa shape index (κ1) is 20.2. The van der Waals surface area contributed by atoms with Gasteiger partial charge < -0.3 is 14.9 Å². The number of alkyl halides is 3. The van der Waals surface area contributed by atoms with Gasteiger partial charge in [-0.3, -0.25) is 9.59 Å². The number of hydrogen-bond acceptors (Lipinski definition) is 3. The Morgan fingerprint density at radius 1 is 1.27 bits per heavy atom. The molecule has 1 aliphatic heterocycles. The molecule has 1 aromatic rings. The summed E-state index contributed by atoms with van der Waals surface area (Å²) in [7, 11) is 1.56. The molecule has 0 bridgehead atoms. The molecule has 5 nitrogen and oxygen atoms in total. The highest BCUT2D eigenvalue weighted by molar-refractivity contribution is 5.94. The van der Waals surface area contributed by atoms with Gasteiger partial charge in [0.1, 0.15) is 5.82 Å². The first-order valence-corrected chi connectivity index (χ1v) is 8.08. The van der Waals surface area contributed by atoms with E-state index in [1.54, 1.807) is 14.0 Å². The molecule has 26 heavy (non-hydrogen) atoms. The van der Waals surface area contributed by atoms with Crippen molar-refractivity contribution in [3.05, 3.63) is 35.6 Å². The largest absolute Gasteiger partial charge is 0.423 e. The highest BCUT2D eigenvalue weighted by Crippen LogP contribution is 2.26. The Bertz CT molecular complexity index is 663. The zero-order valence-corrected chi connectivity index (χ0v) is 14.3. The third-order valence-electron chi connectivity index (χ3n) is 4.62. The first-order chi connectivity index (χ1) is 12.0. The lowest BCUT2D eigenvalue weighted by molar-refractivity contribution is -0.211. The van der Waals surface area contributed by atoms with Crippen LogP contribution < -0.4 is 0 Å². The lowest BCUT2D eigenvalue weighted by Crippen LogP contribution is -2.55. The SMILES string of the molecule is C[C@@H]1CN(C(=O)[C@@H](O)C(F)(F)F)CC[C@@H]1N(C)C(=O)c1ccc(F)cc1. The molecule has 2 rings (SSSR count). The second kappa shape index (κ2) is 7.61. The van der Waals surface area contributed by atoms with Crippen LogP contribution in [-0.4, -0.2) is 65.2 Å². The molecule has 0 saturated carbocycles. The van der Waals surface area contributed by atoms with E-state index in [1.165, 1.54) is 29.2 Å². The van der Waals surface area contributed by atoms with Gasteiger partial charge in [0.2, 0.25) is 6.10 Å². The van der Waals surface area contributed by atoms with Gasteiger partial charge in [-0.1, -0.05) is 6.92 Å². The summed E-state index contributed by atoms with van der Waals surface area (Å²) in [4.78, 5) is 26.7. The fourth-order valence-electron chi connectivity index (χ4n) is 3.17. The highest BCUT2D eigenvalue weighted by Gasteiger charge is 2.46. The molecule has 0 spiro atoms. The van der Waals surface area contributed by atoms with Crippen LogP contribution in [0.25, 0.3) is 0 Å². The van der Waals surface area contributed by atoms with Crippen LogP contribution in [0.5, 0.6) is 0 Å².